The van der Waals surface area contributed by atoms with Gasteiger partial charge in [0.1, 0.15) is 11.5 Å². The fourth-order valence-electron chi connectivity index (χ4n) is 4.80. The number of rotatable bonds is 5. The van der Waals surface area contributed by atoms with E-state index in [0.717, 1.165) is 53.3 Å². The third-order valence-electron chi connectivity index (χ3n) is 6.59. The first kappa shape index (κ1) is 21.2. The van der Waals surface area contributed by atoms with Crippen molar-refractivity contribution in [2.75, 3.05) is 24.3 Å². The number of aromatic nitrogens is 3. The summed E-state index contributed by atoms with van der Waals surface area (Å²) in [6, 6.07) is 18.6. The number of amides is 1. The van der Waals surface area contributed by atoms with E-state index in [1.54, 1.807) is 0 Å². The van der Waals surface area contributed by atoms with E-state index in [-0.39, 0.29) is 11.9 Å². The van der Waals surface area contributed by atoms with Gasteiger partial charge in [-0.15, -0.1) is 0 Å². The van der Waals surface area contributed by atoms with E-state index < -0.39 is 0 Å². The molecule has 7 nitrogen and oxygen atoms in total. The molecule has 4 aromatic rings. The zero-order chi connectivity index (χ0) is 22.9. The first-order valence-electron chi connectivity index (χ1n) is 11.6. The lowest BCUT2D eigenvalue weighted by molar-refractivity contribution is 0.0918. The van der Waals surface area contributed by atoms with Gasteiger partial charge in [-0.3, -0.25) is 4.79 Å². The van der Waals surface area contributed by atoms with Gasteiger partial charge in [-0.2, -0.15) is 4.98 Å². The second-order valence-electron chi connectivity index (χ2n) is 9.10. The Morgan fingerprint density at radius 2 is 1.67 bits per heavy atom. The van der Waals surface area contributed by atoms with Crippen molar-refractivity contribution in [2.24, 2.45) is 7.05 Å². The number of para-hydroxylation sites is 2. The zero-order valence-corrected chi connectivity index (χ0v) is 19.4. The van der Waals surface area contributed by atoms with Crippen molar-refractivity contribution in [3.8, 4) is 0 Å². The first-order chi connectivity index (χ1) is 16.0. The van der Waals surface area contributed by atoms with Crippen molar-refractivity contribution in [3.05, 3.63) is 60.3 Å². The molecule has 2 heterocycles. The summed E-state index contributed by atoms with van der Waals surface area (Å²) in [5, 5.41) is 8.92. The number of hydrogen-bond acceptors (Lipinski definition) is 5. The summed E-state index contributed by atoms with van der Waals surface area (Å²) in [4.78, 5) is 24.4. The summed E-state index contributed by atoms with van der Waals surface area (Å²) in [6.07, 6.45) is 3.80. The van der Waals surface area contributed by atoms with E-state index in [9.17, 15) is 4.79 Å². The quantitative estimate of drug-likeness (QED) is 0.481. The number of anilines is 2. The van der Waals surface area contributed by atoms with Crippen LogP contribution in [0.15, 0.2) is 54.6 Å². The summed E-state index contributed by atoms with van der Waals surface area (Å²) in [5.41, 5.74) is 2.72. The molecule has 2 N–H and O–H groups in total. The maximum Gasteiger partial charge on any atom is 0.268 e. The van der Waals surface area contributed by atoms with Crippen LogP contribution in [0.25, 0.3) is 21.8 Å². The van der Waals surface area contributed by atoms with Gasteiger partial charge in [0, 0.05) is 49.5 Å². The molecule has 0 aliphatic heterocycles. The van der Waals surface area contributed by atoms with Crippen LogP contribution < -0.4 is 15.5 Å². The molecule has 1 amide bonds. The summed E-state index contributed by atoms with van der Waals surface area (Å²) in [5.74, 6) is 1.58. The highest BCUT2D eigenvalue weighted by Crippen LogP contribution is 2.27. The topological polar surface area (TPSA) is 75.1 Å². The van der Waals surface area contributed by atoms with Gasteiger partial charge in [-0.1, -0.05) is 30.3 Å². The highest BCUT2D eigenvalue weighted by molar-refractivity contribution is 5.98. The van der Waals surface area contributed by atoms with E-state index in [2.05, 4.69) is 16.7 Å². The van der Waals surface area contributed by atoms with Crippen LogP contribution >= 0.6 is 0 Å². The Kier molecular flexibility index (Phi) is 5.62. The Morgan fingerprint density at radius 3 is 2.42 bits per heavy atom. The lowest BCUT2D eigenvalue weighted by Gasteiger charge is -2.30. The predicted molar refractivity (Wildman–Crippen MR) is 134 cm³/mol. The molecule has 7 heteroatoms. The minimum Gasteiger partial charge on any atom is -0.362 e. The van der Waals surface area contributed by atoms with Crippen molar-refractivity contribution >= 4 is 39.5 Å². The number of nitrogens with zero attached hydrogens (tertiary/aromatic N) is 4. The van der Waals surface area contributed by atoms with Crippen LogP contribution in [-0.4, -0.2) is 46.6 Å². The maximum atomic E-state index is 12.9. The van der Waals surface area contributed by atoms with Crippen LogP contribution in [0.3, 0.4) is 0 Å². The minimum absolute atomic E-state index is 0.00130. The first-order valence-corrected chi connectivity index (χ1v) is 11.6. The predicted octanol–water partition coefficient (Wildman–Crippen LogP) is 4.34. The highest BCUT2D eigenvalue weighted by Gasteiger charge is 2.25. The van der Waals surface area contributed by atoms with Crippen LogP contribution in [0, 0.1) is 0 Å². The number of aryl methyl sites for hydroxylation is 1. The van der Waals surface area contributed by atoms with E-state index in [4.69, 9.17) is 9.97 Å². The largest absolute Gasteiger partial charge is 0.362 e. The summed E-state index contributed by atoms with van der Waals surface area (Å²) in [6.45, 7) is 0. The van der Waals surface area contributed by atoms with Crippen molar-refractivity contribution in [1.82, 2.24) is 19.9 Å². The fraction of sp³-hybridized carbons (Fsp3) is 0.346. The number of carbonyl (C=O) groups is 1. The molecular weight excluding hydrogens is 412 g/mol. The Labute approximate surface area is 193 Å². The van der Waals surface area contributed by atoms with E-state index >= 15 is 0 Å². The molecule has 1 aliphatic rings. The van der Waals surface area contributed by atoms with Crippen molar-refractivity contribution in [1.29, 1.82) is 0 Å². The maximum absolute atomic E-state index is 12.9. The van der Waals surface area contributed by atoms with Crippen molar-refractivity contribution < 1.29 is 4.79 Å². The lowest BCUT2D eigenvalue weighted by Crippen LogP contribution is -2.40. The number of benzene rings is 2. The summed E-state index contributed by atoms with van der Waals surface area (Å²) < 4.78 is 1.97. The van der Waals surface area contributed by atoms with E-state index in [1.165, 1.54) is 0 Å². The number of carbonyl (C=O) groups excluding carboxylic acids is 1. The van der Waals surface area contributed by atoms with Gasteiger partial charge in [0.2, 0.25) is 5.95 Å². The van der Waals surface area contributed by atoms with Gasteiger partial charge < -0.3 is 20.1 Å². The van der Waals surface area contributed by atoms with Gasteiger partial charge in [-0.05, 0) is 49.9 Å². The van der Waals surface area contributed by atoms with Gasteiger partial charge in [0.15, 0.2) is 0 Å². The highest BCUT2D eigenvalue weighted by atomic mass is 16.2. The lowest BCUT2D eigenvalue weighted by atomic mass is 9.91. The SMILES string of the molecule is CN(C)c1nc(NC2CCC(NC(=O)c3cc4ccccc4n3C)CC2)nc2ccccc12. The Balaban J connectivity index is 1.22. The third-order valence-corrected chi connectivity index (χ3v) is 6.59. The van der Waals surface area contributed by atoms with Crippen molar-refractivity contribution in [2.45, 2.75) is 37.8 Å². The van der Waals surface area contributed by atoms with E-state index in [1.807, 2.05) is 79.1 Å². The minimum atomic E-state index is -0.00130. The molecule has 33 heavy (non-hydrogen) atoms. The second kappa shape index (κ2) is 8.73. The number of nitrogens with one attached hydrogen (secondary N) is 2. The Morgan fingerprint density at radius 1 is 0.970 bits per heavy atom. The normalized spacial score (nSPS) is 18.4. The average Bonchev–Trinajstić information content (AvgIpc) is 3.16. The second-order valence-corrected chi connectivity index (χ2v) is 9.10. The molecule has 1 aliphatic carbocycles. The van der Waals surface area contributed by atoms with Gasteiger partial charge in [0.25, 0.3) is 5.91 Å². The molecule has 0 unspecified atom stereocenters. The molecule has 0 radical (unpaired) electrons. The van der Waals surface area contributed by atoms with Gasteiger partial charge in [0.05, 0.1) is 5.52 Å². The molecule has 170 valence electrons. The molecule has 5 rings (SSSR count). The number of hydrogen-bond donors (Lipinski definition) is 2. The van der Waals surface area contributed by atoms with Crippen LogP contribution in [0.2, 0.25) is 0 Å². The molecule has 2 aromatic carbocycles. The summed E-state index contributed by atoms with van der Waals surface area (Å²) in [7, 11) is 5.95. The van der Waals surface area contributed by atoms with E-state index in [0.29, 0.717) is 17.7 Å². The third kappa shape index (κ3) is 4.23. The van der Waals surface area contributed by atoms with Crippen LogP contribution in [0.4, 0.5) is 11.8 Å². The van der Waals surface area contributed by atoms with Crippen molar-refractivity contribution in [3.63, 3.8) is 0 Å². The smallest absolute Gasteiger partial charge is 0.268 e. The zero-order valence-electron chi connectivity index (χ0n) is 19.4. The summed E-state index contributed by atoms with van der Waals surface area (Å²) >= 11 is 0. The molecule has 0 spiro atoms. The van der Waals surface area contributed by atoms with Crippen LogP contribution in [0.1, 0.15) is 36.2 Å². The molecule has 0 saturated heterocycles. The van der Waals surface area contributed by atoms with Crippen LogP contribution in [0.5, 0.6) is 0 Å². The monoisotopic (exact) mass is 442 g/mol. The molecule has 1 fully saturated rings. The fourth-order valence-corrected chi connectivity index (χ4v) is 4.80. The molecule has 0 atom stereocenters. The van der Waals surface area contributed by atoms with Crippen LogP contribution in [-0.2, 0) is 7.05 Å². The molecular formula is C26H30N6O. The van der Waals surface area contributed by atoms with Gasteiger partial charge in [-0.25, -0.2) is 4.98 Å². The standard InChI is InChI=1S/C26H30N6O/c1-31(2)24-20-9-5-6-10-21(20)29-26(30-24)28-19-14-12-18(13-15-19)27-25(33)23-16-17-8-4-7-11-22(17)32(23)3/h4-11,16,18-19H,12-15H2,1-3H3,(H,27,33)(H,28,29,30). The Hall–Kier alpha value is -3.61. The molecule has 1 saturated carbocycles. The number of fused-ring (bicyclic) bond motifs is 2. The molecule has 0 bridgehead atoms. The Bertz CT molecular complexity index is 1300. The molecule has 2 aromatic heterocycles. The average molecular weight is 443 g/mol. The van der Waals surface area contributed by atoms with Gasteiger partial charge >= 0.3 is 0 Å².